The Bertz CT molecular complexity index is 1290. The van der Waals surface area contributed by atoms with Crippen LogP contribution in [0.4, 0.5) is 14.9 Å². The molecule has 178 valence electrons. The number of benzene rings is 3. The van der Waals surface area contributed by atoms with Crippen LogP contribution in [0, 0.1) is 5.82 Å². The number of anilines is 1. The predicted molar refractivity (Wildman–Crippen MR) is 130 cm³/mol. The van der Waals surface area contributed by atoms with E-state index in [0.29, 0.717) is 22.6 Å². The average Bonchev–Trinajstić information content (AvgIpc) is 3.11. The highest BCUT2D eigenvalue weighted by Crippen LogP contribution is 2.19. The molecule has 3 aromatic carbocycles. The molecule has 4 rings (SSSR count). The molecule has 1 saturated heterocycles. The molecule has 8 heteroatoms. The average molecular weight is 474 g/mol. The third-order valence-corrected chi connectivity index (χ3v) is 5.42. The molecule has 35 heavy (non-hydrogen) atoms. The first-order chi connectivity index (χ1) is 16.9. The highest BCUT2D eigenvalue weighted by molar-refractivity contribution is 6.16. The number of hydrogen-bond donors (Lipinski definition) is 2. The second-order valence-electron chi connectivity index (χ2n) is 7.93. The summed E-state index contributed by atoms with van der Waals surface area (Å²) >= 11 is 0. The second kappa shape index (κ2) is 10.6. The van der Waals surface area contributed by atoms with Gasteiger partial charge in [0.2, 0.25) is 5.91 Å². The number of amides is 4. The van der Waals surface area contributed by atoms with Crippen LogP contribution in [-0.4, -0.2) is 29.3 Å². The second-order valence-corrected chi connectivity index (χ2v) is 7.93. The summed E-state index contributed by atoms with van der Waals surface area (Å²) in [5.74, 6) is -0.798. The predicted octanol–water partition coefficient (Wildman–Crippen LogP) is 4.50. The lowest BCUT2D eigenvalue weighted by Crippen LogP contribution is -2.38. The summed E-state index contributed by atoms with van der Waals surface area (Å²) in [7, 11) is 0. The van der Waals surface area contributed by atoms with E-state index in [-0.39, 0.29) is 18.1 Å². The third kappa shape index (κ3) is 5.92. The van der Waals surface area contributed by atoms with E-state index in [0.717, 1.165) is 16.9 Å². The van der Waals surface area contributed by atoms with Gasteiger partial charge in [0.05, 0.1) is 0 Å². The smallest absolute Gasteiger partial charge is 0.329 e. The van der Waals surface area contributed by atoms with Crippen molar-refractivity contribution in [1.82, 2.24) is 10.2 Å². The van der Waals surface area contributed by atoms with Crippen LogP contribution in [0.3, 0.4) is 0 Å². The van der Waals surface area contributed by atoms with E-state index in [2.05, 4.69) is 10.6 Å². The van der Waals surface area contributed by atoms with Crippen LogP contribution < -0.4 is 15.4 Å². The molecule has 0 unspecified atom stereocenters. The molecule has 0 spiro atoms. The molecule has 0 aromatic heterocycles. The number of rotatable bonds is 8. The molecule has 7 nitrogen and oxygen atoms in total. The van der Waals surface area contributed by atoms with Crippen molar-refractivity contribution < 1.29 is 23.5 Å². The molecule has 4 amide bonds. The van der Waals surface area contributed by atoms with Gasteiger partial charge in [-0.05, 0) is 59.5 Å². The van der Waals surface area contributed by atoms with E-state index in [4.69, 9.17) is 4.74 Å². The van der Waals surface area contributed by atoms with Gasteiger partial charge in [0.15, 0.2) is 0 Å². The van der Waals surface area contributed by atoms with Gasteiger partial charge < -0.3 is 15.4 Å². The van der Waals surface area contributed by atoms with Crippen molar-refractivity contribution in [2.75, 3.05) is 11.9 Å². The zero-order valence-corrected chi connectivity index (χ0v) is 19.1. The maximum absolute atomic E-state index is 13.3. The number of urea groups is 1. The van der Waals surface area contributed by atoms with Gasteiger partial charge in [-0.3, -0.25) is 9.59 Å². The topological polar surface area (TPSA) is 87.7 Å². The van der Waals surface area contributed by atoms with Crippen LogP contribution >= 0.6 is 0 Å². The monoisotopic (exact) mass is 473 g/mol. The summed E-state index contributed by atoms with van der Waals surface area (Å²) in [5.41, 5.74) is 3.06. The Morgan fingerprint density at radius 3 is 2.57 bits per heavy atom. The lowest BCUT2D eigenvalue weighted by Gasteiger charge is -2.13. The first-order valence-corrected chi connectivity index (χ1v) is 11.1. The molecule has 1 fully saturated rings. The van der Waals surface area contributed by atoms with Crippen LogP contribution in [0.2, 0.25) is 0 Å². The fourth-order valence-electron chi connectivity index (χ4n) is 3.62. The Kier molecular flexibility index (Phi) is 7.21. The van der Waals surface area contributed by atoms with Crippen molar-refractivity contribution in [2.24, 2.45) is 0 Å². The van der Waals surface area contributed by atoms with Crippen LogP contribution in [0.15, 0.2) is 78.5 Å². The number of para-hydroxylation sites is 1. The lowest BCUT2D eigenvalue weighted by atomic mass is 10.1. The minimum atomic E-state index is -0.657. The van der Waals surface area contributed by atoms with Crippen molar-refractivity contribution in [2.45, 2.75) is 20.0 Å². The molecule has 1 aliphatic rings. The van der Waals surface area contributed by atoms with E-state index in [1.807, 2.05) is 19.1 Å². The SMILES string of the molecule is CCc1ccccc1NC(=O)CN1C(=O)N/C(=C/c2ccc(OCc3cccc(F)c3)cc2)C1=O. The largest absolute Gasteiger partial charge is 0.489 e. The van der Waals surface area contributed by atoms with Crippen molar-refractivity contribution >= 4 is 29.6 Å². The first-order valence-electron chi connectivity index (χ1n) is 11.1. The lowest BCUT2D eigenvalue weighted by molar-refractivity contribution is -0.127. The molecule has 0 radical (unpaired) electrons. The number of ether oxygens (including phenoxy) is 1. The zero-order valence-electron chi connectivity index (χ0n) is 19.1. The van der Waals surface area contributed by atoms with E-state index in [9.17, 15) is 18.8 Å². The normalized spacial score (nSPS) is 14.2. The quantitative estimate of drug-likeness (QED) is 0.373. The van der Waals surface area contributed by atoms with Crippen LogP contribution in [0.5, 0.6) is 5.75 Å². The van der Waals surface area contributed by atoms with Gasteiger partial charge in [-0.25, -0.2) is 14.1 Å². The molecule has 1 heterocycles. The van der Waals surface area contributed by atoms with Gasteiger partial charge >= 0.3 is 6.03 Å². The third-order valence-electron chi connectivity index (χ3n) is 5.42. The van der Waals surface area contributed by atoms with Crippen LogP contribution in [0.1, 0.15) is 23.6 Å². The highest BCUT2D eigenvalue weighted by atomic mass is 19.1. The van der Waals surface area contributed by atoms with Gasteiger partial charge in [-0.1, -0.05) is 49.4 Å². The van der Waals surface area contributed by atoms with E-state index in [1.165, 1.54) is 18.2 Å². The molecule has 1 aliphatic heterocycles. The van der Waals surface area contributed by atoms with Gasteiger partial charge in [0.25, 0.3) is 5.91 Å². The Morgan fingerprint density at radius 2 is 1.83 bits per heavy atom. The number of nitrogens with one attached hydrogen (secondary N) is 2. The highest BCUT2D eigenvalue weighted by Gasteiger charge is 2.35. The molecule has 0 aliphatic carbocycles. The summed E-state index contributed by atoms with van der Waals surface area (Å²) in [5, 5.41) is 5.27. The molecule has 3 aromatic rings. The van der Waals surface area contributed by atoms with Crippen molar-refractivity contribution in [1.29, 1.82) is 0 Å². The summed E-state index contributed by atoms with van der Waals surface area (Å²) in [4.78, 5) is 38.4. The van der Waals surface area contributed by atoms with Crippen molar-refractivity contribution in [3.05, 3.63) is 101 Å². The molecule has 0 bridgehead atoms. The Hall–Kier alpha value is -4.46. The summed E-state index contributed by atoms with van der Waals surface area (Å²) in [6, 6.07) is 19.7. The van der Waals surface area contributed by atoms with Crippen molar-refractivity contribution in [3.8, 4) is 5.75 Å². The Labute approximate surface area is 202 Å². The number of imide groups is 1. The minimum Gasteiger partial charge on any atom is -0.489 e. The summed E-state index contributed by atoms with van der Waals surface area (Å²) in [6.07, 6.45) is 2.27. The van der Waals surface area contributed by atoms with E-state index in [1.54, 1.807) is 48.5 Å². The Morgan fingerprint density at radius 1 is 1.06 bits per heavy atom. The zero-order chi connectivity index (χ0) is 24.8. The number of carbonyl (C=O) groups excluding carboxylic acids is 3. The van der Waals surface area contributed by atoms with Gasteiger partial charge in [-0.2, -0.15) is 0 Å². The van der Waals surface area contributed by atoms with Gasteiger partial charge in [-0.15, -0.1) is 0 Å². The maximum Gasteiger partial charge on any atom is 0.329 e. The van der Waals surface area contributed by atoms with Crippen LogP contribution in [0.25, 0.3) is 6.08 Å². The van der Waals surface area contributed by atoms with E-state index < -0.39 is 24.4 Å². The molecular weight excluding hydrogens is 449 g/mol. The molecule has 0 saturated carbocycles. The van der Waals surface area contributed by atoms with Gasteiger partial charge in [0, 0.05) is 5.69 Å². The Balaban J connectivity index is 1.36. The minimum absolute atomic E-state index is 0.0742. The van der Waals surface area contributed by atoms with Crippen molar-refractivity contribution in [3.63, 3.8) is 0 Å². The van der Waals surface area contributed by atoms with Crippen LogP contribution in [-0.2, 0) is 22.6 Å². The summed E-state index contributed by atoms with van der Waals surface area (Å²) in [6.45, 7) is 1.79. The maximum atomic E-state index is 13.3. The molecular formula is C27H24FN3O4. The standard InChI is InChI=1S/C27H24FN3O4/c1-2-20-7-3-4-9-23(20)29-25(32)16-31-26(33)24(30-27(31)34)15-18-10-12-22(13-11-18)35-17-19-6-5-8-21(28)14-19/h3-15H,2,16-17H2,1H3,(H,29,32)(H,30,34)/b24-15+. The molecule has 0 atom stereocenters. The number of aryl methyl sites for hydroxylation is 1. The van der Waals surface area contributed by atoms with Gasteiger partial charge in [0.1, 0.15) is 30.4 Å². The number of nitrogens with zero attached hydrogens (tertiary/aromatic N) is 1. The molecule has 2 N–H and O–H groups in total. The number of hydrogen-bond acceptors (Lipinski definition) is 4. The fraction of sp³-hybridized carbons (Fsp3) is 0.148. The first kappa shape index (κ1) is 23.7. The van der Waals surface area contributed by atoms with E-state index >= 15 is 0 Å². The summed E-state index contributed by atoms with van der Waals surface area (Å²) < 4.78 is 18.9. The number of halogens is 1. The number of carbonyl (C=O) groups is 3. The fourth-order valence-corrected chi connectivity index (χ4v) is 3.62.